The number of carbonyl (C=O) groups is 2. The van der Waals surface area contributed by atoms with E-state index < -0.39 is 52.5 Å². The number of aliphatic hydroxyl groups is 1. The highest BCUT2D eigenvalue weighted by atomic mass is 35.5. The number of carbonyl (C=O) groups excluding carboxylic acids is 2. The number of aliphatic hydroxyl groups excluding tert-OH is 1. The van der Waals surface area contributed by atoms with Crippen molar-refractivity contribution in [1.29, 1.82) is 0 Å². The quantitative estimate of drug-likeness (QED) is 0.479. The molecule has 0 heterocycles. The van der Waals surface area contributed by atoms with Crippen molar-refractivity contribution in [2.45, 2.75) is 36.9 Å². The van der Waals surface area contributed by atoms with Gasteiger partial charge in [-0.2, -0.15) is 4.72 Å². The Kier molecular flexibility index (Phi) is 8.52. The minimum atomic E-state index is -4.25. The van der Waals surface area contributed by atoms with Gasteiger partial charge in [-0.25, -0.2) is 12.8 Å². The zero-order valence-electron chi connectivity index (χ0n) is 16.7. The van der Waals surface area contributed by atoms with Crippen molar-refractivity contribution in [3.8, 4) is 0 Å². The van der Waals surface area contributed by atoms with E-state index in [1.54, 1.807) is 31.2 Å². The van der Waals surface area contributed by atoms with E-state index in [2.05, 4.69) is 5.32 Å². The molecule has 0 aliphatic rings. The second-order valence-electron chi connectivity index (χ2n) is 6.75. The Morgan fingerprint density at radius 1 is 1.16 bits per heavy atom. The predicted octanol–water partition coefficient (Wildman–Crippen LogP) is 1.93. The molecule has 0 aromatic heterocycles. The summed E-state index contributed by atoms with van der Waals surface area (Å²) in [5.74, 6) is -2.42. The molecule has 0 fully saturated rings. The molecular formula is C20H22ClFN2O6S. The summed E-state index contributed by atoms with van der Waals surface area (Å²) in [6.07, 6.45) is -1.46. The number of halogens is 2. The van der Waals surface area contributed by atoms with Crippen LogP contribution in [0.5, 0.6) is 0 Å². The van der Waals surface area contributed by atoms with E-state index in [0.717, 1.165) is 29.8 Å². The Hall–Kier alpha value is -2.53. The first-order valence-electron chi connectivity index (χ1n) is 9.17. The number of esters is 1. The second kappa shape index (κ2) is 10.7. The number of sulfonamides is 1. The molecule has 168 valence electrons. The van der Waals surface area contributed by atoms with E-state index in [4.69, 9.17) is 16.3 Å². The molecule has 11 heteroatoms. The first-order chi connectivity index (χ1) is 14.5. The van der Waals surface area contributed by atoms with E-state index >= 15 is 0 Å². The van der Waals surface area contributed by atoms with Crippen molar-refractivity contribution in [3.63, 3.8) is 0 Å². The highest BCUT2D eigenvalue weighted by Crippen LogP contribution is 2.17. The van der Waals surface area contributed by atoms with Crippen LogP contribution in [0.15, 0.2) is 53.4 Å². The Bertz CT molecular complexity index is 1030. The van der Waals surface area contributed by atoms with Gasteiger partial charge in [0.25, 0.3) is 5.91 Å². The minimum absolute atomic E-state index is 0.305. The lowest BCUT2D eigenvalue weighted by Crippen LogP contribution is -2.49. The lowest BCUT2D eigenvalue weighted by molar-refractivity contribution is -0.152. The van der Waals surface area contributed by atoms with Crippen LogP contribution in [0.1, 0.15) is 25.5 Å². The number of hydrogen-bond donors (Lipinski definition) is 3. The maximum absolute atomic E-state index is 13.0. The summed E-state index contributed by atoms with van der Waals surface area (Å²) in [6, 6.07) is 8.64. The van der Waals surface area contributed by atoms with Crippen LogP contribution in [0.3, 0.4) is 0 Å². The molecule has 1 amide bonds. The third kappa shape index (κ3) is 7.28. The topological polar surface area (TPSA) is 122 Å². The molecule has 2 aromatic rings. The molecule has 3 N–H and O–H groups in total. The summed E-state index contributed by atoms with van der Waals surface area (Å²) in [5.41, 5.74) is 0.737. The zero-order chi connectivity index (χ0) is 23.2. The molecule has 3 unspecified atom stereocenters. The SMILES string of the molecule is CC(NC(=O)COC(=O)C(NS(=O)(=O)c1ccc(F)cc1)C(C)O)c1cccc(Cl)c1. The molecule has 0 spiro atoms. The lowest BCUT2D eigenvalue weighted by Gasteiger charge is -2.20. The minimum Gasteiger partial charge on any atom is -0.454 e. The molecule has 3 atom stereocenters. The van der Waals surface area contributed by atoms with Crippen molar-refractivity contribution in [2.24, 2.45) is 0 Å². The molecule has 0 aliphatic carbocycles. The Morgan fingerprint density at radius 2 is 1.81 bits per heavy atom. The normalized spacial score (nSPS) is 14.4. The number of benzene rings is 2. The standard InChI is InChI=1S/C20H22ClFN2O6S/c1-12(14-4-3-5-15(21)10-14)23-18(26)11-30-20(27)19(13(2)25)24-31(28,29)17-8-6-16(22)7-9-17/h3-10,12-13,19,24-25H,11H2,1-2H3,(H,23,26). The van der Waals surface area contributed by atoms with Gasteiger partial charge >= 0.3 is 5.97 Å². The number of nitrogens with one attached hydrogen (secondary N) is 2. The van der Waals surface area contributed by atoms with E-state index in [1.807, 2.05) is 4.72 Å². The van der Waals surface area contributed by atoms with E-state index in [0.29, 0.717) is 5.02 Å². The Balaban J connectivity index is 1.97. The van der Waals surface area contributed by atoms with Crippen LogP contribution in [0.25, 0.3) is 0 Å². The van der Waals surface area contributed by atoms with Crippen molar-refractivity contribution >= 4 is 33.5 Å². The van der Waals surface area contributed by atoms with Gasteiger partial charge in [0, 0.05) is 5.02 Å². The van der Waals surface area contributed by atoms with Crippen LogP contribution in [-0.2, 0) is 24.3 Å². The largest absolute Gasteiger partial charge is 0.454 e. The van der Waals surface area contributed by atoms with Crippen LogP contribution >= 0.6 is 11.6 Å². The summed E-state index contributed by atoms with van der Waals surface area (Å²) >= 11 is 5.92. The van der Waals surface area contributed by atoms with Crippen LogP contribution in [0.2, 0.25) is 5.02 Å². The Labute approximate surface area is 184 Å². The number of amides is 1. The van der Waals surface area contributed by atoms with Gasteiger partial charge in [0.15, 0.2) is 6.61 Å². The fourth-order valence-corrected chi connectivity index (χ4v) is 4.02. The van der Waals surface area contributed by atoms with Crippen LogP contribution < -0.4 is 10.0 Å². The average molecular weight is 473 g/mol. The first-order valence-corrected chi connectivity index (χ1v) is 11.0. The van der Waals surface area contributed by atoms with Crippen molar-refractivity contribution < 1.29 is 32.2 Å². The third-order valence-electron chi connectivity index (χ3n) is 4.21. The number of ether oxygens (including phenoxy) is 1. The first kappa shape index (κ1) is 24.7. The second-order valence-corrected chi connectivity index (χ2v) is 8.90. The molecule has 0 bridgehead atoms. The third-order valence-corrected chi connectivity index (χ3v) is 5.91. The van der Waals surface area contributed by atoms with Crippen LogP contribution in [0, 0.1) is 5.82 Å². The van der Waals surface area contributed by atoms with Gasteiger partial charge in [-0.05, 0) is 55.8 Å². The maximum atomic E-state index is 13.0. The smallest absolute Gasteiger partial charge is 0.327 e. The molecule has 31 heavy (non-hydrogen) atoms. The van der Waals surface area contributed by atoms with Gasteiger partial charge < -0.3 is 15.2 Å². The van der Waals surface area contributed by atoms with E-state index in [-0.39, 0.29) is 4.90 Å². The van der Waals surface area contributed by atoms with Crippen molar-refractivity contribution in [1.82, 2.24) is 10.0 Å². The number of hydrogen-bond acceptors (Lipinski definition) is 6. The highest BCUT2D eigenvalue weighted by molar-refractivity contribution is 7.89. The highest BCUT2D eigenvalue weighted by Gasteiger charge is 2.31. The fraction of sp³-hybridized carbons (Fsp3) is 0.300. The van der Waals surface area contributed by atoms with Crippen LogP contribution in [-0.4, -0.2) is 44.2 Å². The monoisotopic (exact) mass is 472 g/mol. The predicted molar refractivity (Wildman–Crippen MR) is 111 cm³/mol. The molecule has 0 aliphatic heterocycles. The van der Waals surface area contributed by atoms with Gasteiger partial charge in [-0.3, -0.25) is 9.59 Å². The zero-order valence-corrected chi connectivity index (χ0v) is 18.3. The summed E-state index contributed by atoms with van der Waals surface area (Å²) < 4.78 is 44.7. The summed E-state index contributed by atoms with van der Waals surface area (Å²) in [4.78, 5) is 24.1. The van der Waals surface area contributed by atoms with Gasteiger partial charge in [0.05, 0.1) is 17.0 Å². The average Bonchev–Trinajstić information content (AvgIpc) is 2.70. The molecule has 0 saturated carbocycles. The van der Waals surface area contributed by atoms with Gasteiger partial charge in [0.2, 0.25) is 10.0 Å². The molecular weight excluding hydrogens is 451 g/mol. The van der Waals surface area contributed by atoms with Gasteiger partial charge in [-0.1, -0.05) is 23.7 Å². The molecule has 2 aromatic carbocycles. The van der Waals surface area contributed by atoms with Crippen molar-refractivity contribution in [3.05, 3.63) is 64.9 Å². The van der Waals surface area contributed by atoms with Crippen molar-refractivity contribution in [2.75, 3.05) is 6.61 Å². The summed E-state index contributed by atoms with van der Waals surface area (Å²) in [5, 5.41) is 12.9. The fourth-order valence-electron chi connectivity index (χ4n) is 2.56. The van der Waals surface area contributed by atoms with E-state index in [1.165, 1.54) is 6.92 Å². The van der Waals surface area contributed by atoms with Gasteiger partial charge in [-0.15, -0.1) is 0 Å². The molecule has 0 saturated heterocycles. The molecule has 0 radical (unpaired) electrons. The summed E-state index contributed by atoms with van der Waals surface area (Å²) in [7, 11) is -4.25. The summed E-state index contributed by atoms with van der Waals surface area (Å²) in [6.45, 7) is 2.20. The van der Waals surface area contributed by atoms with E-state index in [9.17, 15) is 27.5 Å². The lowest BCUT2D eigenvalue weighted by atomic mass is 10.1. The maximum Gasteiger partial charge on any atom is 0.327 e. The molecule has 8 nitrogen and oxygen atoms in total. The van der Waals surface area contributed by atoms with Crippen LogP contribution in [0.4, 0.5) is 4.39 Å². The van der Waals surface area contributed by atoms with Gasteiger partial charge in [0.1, 0.15) is 11.9 Å². The number of rotatable bonds is 9. The Morgan fingerprint density at radius 3 is 2.39 bits per heavy atom. The molecule has 2 rings (SSSR count).